The molecule has 2 aromatic rings. The van der Waals surface area contributed by atoms with Crippen LogP contribution in [0.3, 0.4) is 0 Å². The molecule has 0 spiro atoms. The fourth-order valence-electron chi connectivity index (χ4n) is 2.62. The first-order valence-electron chi connectivity index (χ1n) is 8.43. The number of amides is 3. The highest BCUT2D eigenvalue weighted by atomic mass is 32.2. The maximum Gasteiger partial charge on any atom is 0.318 e. The molecule has 2 N–H and O–H groups in total. The number of non-ortho nitro benzene ring substituents is 1. The van der Waals surface area contributed by atoms with E-state index < -0.39 is 50.6 Å². The summed E-state index contributed by atoms with van der Waals surface area (Å²) in [6.07, 6.45) is 0.926. The first-order valence-corrected chi connectivity index (χ1v) is 9.25. The van der Waals surface area contributed by atoms with Crippen molar-refractivity contribution in [3.8, 4) is 5.75 Å². The van der Waals surface area contributed by atoms with Gasteiger partial charge >= 0.3 is 5.69 Å². The number of phenolic OH excluding ortho intramolecular Hbond substituents is 1. The van der Waals surface area contributed by atoms with Gasteiger partial charge in [-0.2, -0.15) is 0 Å². The molecule has 0 aromatic heterocycles. The van der Waals surface area contributed by atoms with Gasteiger partial charge in [-0.3, -0.25) is 39.5 Å². The Bertz CT molecular complexity index is 1150. The van der Waals surface area contributed by atoms with Crippen LogP contribution in [0.1, 0.15) is 5.56 Å². The minimum Gasteiger partial charge on any atom is -0.502 e. The average molecular weight is 444 g/mol. The number of carbonyl (C=O) groups is 3. The van der Waals surface area contributed by atoms with Crippen molar-refractivity contribution in [3.63, 3.8) is 0 Å². The Labute approximate surface area is 177 Å². The van der Waals surface area contributed by atoms with E-state index in [4.69, 9.17) is 0 Å². The monoisotopic (exact) mass is 444 g/mol. The van der Waals surface area contributed by atoms with Crippen LogP contribution in [0.25, 0.3) is 6.08 Å². The number of nitro benzene ring substituents is 2. The molecule has 1 heterocycles. The summed E-state index contributed by atoms with van der Waals surface area (Å²) >= 11 is 0.430. The highest BCUT2D eigenvalue weighted by molar-refractivity contribution is 8.18. The molecule has 13 heteroatoms. The van der Waals surface area contributed by atoms with E-state index in [1.165, 1.54) is 0 Å². The van der Waals surface area contributed by atoms with Crippen molar-refractivity contribution >= 4 is 52.0 Å². The molecule has 3 amide bonds. The number of thioether (sulfide) groups is 1. The van der Waals surface area contributed by atoms with E-state index in [1.807, 2.05) is 0 Å². The topological polar surface area (TPSA) is 173 Å². The molecule has 158 valence electrons. The zero-order valence-electron chi connectivity index (χ0n) is 15.4. The minimum atomic E-state index is -1.01. The van der Waals surface area contributed by atoms with Gasteiger partial charge in [-0.15, -0.1) is 0 Å². The lowest BCUT2D eigenvalue weighted by atomic mass is 10.1. The minimum absolute atomic E-state index is 0.261. The van der Waals surface area contributed by atoms with Gasteiger partial charge in [0.1, 0.15) is 6.54 Å². The lowest BCUT2D eigenvalue weighted by Gasteiger charge is -2.12. The third kappa shape index (κ3) is 4.67. The number of phenols is 1. The molecule has 31 heavy (non-hydrogen) atoms. The Hall–Kier alpha value is -4.26. The zero-order chi connectivity index (χ0) is 22.7. The van der Waals surface area contributed by atoms with Gasteiger partial charge in [0, 0.05) is 17.3 Å². The van der Waals surface area contributed by atoms with E-state index in [0.717, 1.165) is 12.1 Å². The highest BCUT2D eigenvalue weighted by Crippen LogP contribution is 2.39. The number of hydrogen-bond donors (Lipinski definition) is 2. The number of benzene rings is 2. The summed E-state index contributed by atoms with van der Waals surface area (Å²) in [4.78, 5) is 57.4. The van der Waals surface area contributed by atoms with Crippen LogP contribution < -0.4 is 5.32 Å². The lowest BCUT2D eigenvalue weighted by Crippen LogP contribution is -2.36. The van der Waals surface area contributed by atoms with Crippen molar-refractivity contribution in [2.24, 2.45) is 0 Å². The van der Waals surface area contributed by atoms with E-state index in [2.05, 4.69) is 5.32 Å². The third-order valence-corrected chi connectivity index (χ3v) is 4.94. The lowest BCUT2D eigenvalue weighted by molar-refractivity contribution is -0.394. The van der Waals surface area contributed by atoms with Crippen molar-refractivity contribution < 1.29 is 29.3 Å². The molecule has 0 radical (unpaired) electrons. The van der Waals surface area contributed by atoms with Crippen LogP contribution in [0.4, 0.5) is 21.9 Å². The molecule has 0 aliphatic carbocycles. The van der Waals surface area contributed by atoms with Gasteiger partial charge in [0.2, 0.25) is 11.7 Å². The van der Waals surface area contributed by atoms with Crippen LogP contribution in [0.15, 0.2) is 47.4 Å². The molecular weight excluding hydrogens is 432 g/mol. The van der Waals surface area contributed by atoms with Gasteiger partial charge in [0.15, 0.2) is 0 Å². The second-order valence-electron chi connectivity index (χ2n) is 6.10. The third-order valence-electron chi connectivity index (χ3n) is 4.03. The summed E-state index contributed by atoms with van der Waals surface area (Å²) in [6.45, 7) is -0.585. The number of hydrogen-bond acceptors (Lipinski definition) is 9. The first-order chi connectivity index (χ1) is 14.7. The molecule has 0 unspecified atom stereocenters. The molecule has 12 nitrogen and oxygen atoms in total. The predicted molar refractivity (Wildman–Crippen MR) is 109 cm³/mol. The number of nitrogens with one attached hydrogen (secondary N) is 1. The Morgan fingerprint density at radius 2 is 1.81 bits per heavy atom. The Balaban J connectivity index is 1.85. The van der Waals surface area contributed by atoms with Crippen molar-refractivity contribution in [2.45, 2.75) is 0 Å². The molecule has 2 aromatic carbocycles. The molecular formula is C18H12N4O8S. The Kier molecular flexibility index (Phi) is 5.97. The van der Waals surface area contributed by atoms with Gasteiger partial charge in [-0.1, -0.05) is 18.2 Å². The fourth-order valence-corrected chi connectivity index (χ4v) is 3.45. The summed E-state index contributed by atoms with van der Waals surface area (Å²) in [5, 5.41) is 33.9. The molecule has 0 atom stereocenters. The van der Waals surface area contributed by atoms with Crippen LogP contribution in [-0.2, 0) is 9.59 Å². The van der Waals surface area contributed by atoms with Crippen molar-refractivity contribution in [1.82, 2.24) is 4.90 Å². The van der Waals surface area contributed by atoms with E-state index >= 15 is 0 Å². The van der Waals surface area contributed by atoms with E-state index in [1.54, 1.807) is 30.3 Å². The molecule has 1 aliphatic rings. The number of rotatable bonds is 6. The summed E-state index contributed by atoms with van der Waals surface area (Å²) in [6, 6.07) is 9.74. The molecule has 1 saturated heterocycles. The van der Waals surface area contributed by atoms with E-state index in [-0.39, 0.29) is 10.5 Å². The zero-order valence-corrected chi connectivity index (χ0v) is 16.2. The van der Waals surface area contributed by atoms with Gasteiger partial charge in [-0.05, 0) is 30.0 Å². The molecule has 0 bridgehead atoms. The maximum absolute atomic E-state index is 12.5. The van der Waals surface area contributed by atoms with Crippen molar-refractivity contribution in [1.29, 1.82) is 0 Å². The van der Waals surface area contributed by atoms with Gasteiger partial charge in [0.25, 0.3) is 16.8 Å². The normalized spacial score (nSPS) is 14.7. The van der Waals surface area contributed by atoms with Crippen LogP contribution in [0, 0.1) is 20.2 Å². The second kappa shape index (κ2) is 8.62. The average Bonchev–Trinajstić information content (AvgIpc) is 2.97. The molecule has 3 rings (SSSR count). The second-order valence-corrected chi connectivity index (χ2v) is 7.09. The highest BCUT2D eigenvalue weighted by Gasteiger charge is 2.37. The predicted octanol–water partition coefficient (Wildman–Crippen LogP) is 2.88. The summed E-state index contributed by atoms with van der Waals surface area (Å²) in [7, 11) is 0. The number of para-hydroxylation sites is 1. The largest absolute Gasteiger partial charge is 0.502 e. The number of anilines is 1. The number of aromatic hydroxyl groups is 1. The number of imide groups is 1. The van der Waals surface area contributed by atoms with E-state index in [9.17, 15) is 39.7 Å². The van der Waals surface area contributed by atoms with Crippen molar-refractivity contribution in [3.05, 3.63) is 73.2 Å². The quantitative estimate of drug-likeness (QED) is 0.386. The van der Waals surface area contributed by atoms with E-state index in [0.29, 0.717) is 28.4 Å². The Morgan fingerprint density at radius 1 is 1.13 bits per heavy atom. The molecule has 1 fully saturated rings. The summed E-state index contributed by atoms with van der Waals surface area (Å²) < 4.78 is 0. The van der Waals surface area contributed by atoms with Crippen LogP contribution in [-0.4, -0.2) is 43.5 Å². The SMILES string of the molecule is O=C(CN1C(=O)S/C(=C\c2cc([N+](=O)[O-])cc([N+](=O)[O-])c2O)C1=O)Nc1ccccc1. The standard InChI is InChI=1S/C18H12N4O8S/c23-15(19-11-4-2-1-3-5-11)9-20-17(25)14(31-18(20)26)7-10-6-12(21(27)28)8-13(16(10)24)22(29)30/h1-8,24H,9H2,(H,19,23)/b14-7-. The van der Waals surface area contributed by atoms with Crippen LogP contribution >= 0.6 is 11.8 Å². The number of nitro groups is 2. The van der Waals surface area contributed by atoms with Crippen LogP contribution in [0.2, 0.25) is 0 Å². The van der Waals surface area contributed by atoms with Gasteiger partial charge < -0.3 is 10.4 Å². The fraction of sp³-hybridized carbons (Fsp3) is 0.0556. The summed E-state index contributed by atoms with van der Waals surface area (Å²) in [5.41, 5.74) is -1.54. The first kappa shape index (κ1) is 21.4. The number of carbonyl (C=O) groups excluding carboxylic acids is 3. The smallest absolute Gasteiger partial charge is 0.318 e. The molecule has 0 saturated carbocycles. The van der Waals surface area contributed by atoms with Crippen molar-refractivity contribution in [2.75, 3.05) is 11.9 Å². The van der Waals surface area contributed by atoms with Crippen LogP contribution in [0.5, 0.6) is 5.75 Å². The maximum atomic E-state index is 12.5. The number of nitrogens with zero attached hydrogens (tertiary/aromatic N) is 3. The summed E-state index contributed by atoms with van der Waals surface area (Å²) in [5.74, 6) is -2.42. The molecule has 1 aliphatic heterocycles. The van der Waals surface area contributed by atoms with Gasteiger partial charge in [-0.25, -0.2) is 0 Å². The van der Waals surface area contributed by atoms with Gasteiger partial charge in [0.05, 0.1) is 20.8 Å². The Morgan fingerprint density at radius 3 is 2.42 bits per heavy atom.